The summed E-state index contributed by atoms with van der Waals surface area (Å²) in [5.41, 5.74) is 3.52. The van der Waals surface area contributed by atoms with Crippen LogP contribution in [0.25, 0.3) is 0 Å². The van der Waals surface area contributed by atoms with Crippen LogP contribution >= 0.6 is 11.6 Å². The summed E-state index contributed by atoms with van der Waals surface area (Å²) in [7, 11) is 0. The van der Waals surface area contributed by atoms with E-state index in [-0.39, 0.29) is 6.61 Å². The van der Waals surface area contributed by atoms with Crippen LogP contribution in [0.5, 0.6) is 5.75 Å². The molecule has 2 aromatic rings. The third-order valence-corrected chi connectivity index (χ3v) is 6.32. The number of aliphatic hydroxyl groups excluding tert-OH is 3. The molecule has 0 radical (unpaired) electrons. The summed E-state index contributed by atoms with van der Waals surface area (Å²) in [6.07, 6.45) is -3.49. The zero-order chi connectivity index (χ0) is 22.0. The fourth-order valence-corrected chi connectivity index (χ4v) is 4.24. The molecule has 1 fully saturated rings. The Morgan fingerprint density at radius 1 is 0.935 bits per heavy atom. The van der Waals surface area contributed by atoms with Gasteiger partial charge in [0, 0.05) is 12.0 Å². The van der Waals surface area contributed by atoms with Gasteiger partial charge in [-0.3, -0.25) is 0 Å². The van der Waals surface area contributed by atoms with Crippen molar-refractivity contribution in [3.8, 4) is 5.75 Å². The van der Waals surface area contributed by atoms with Crippen LogP contribution in [0.3, 0.4) is 0 Å². The molecule has 2 bridgehead atoms. The molecule has 2 aliphatic heterocycles. The average molecular weight is 449 g/mol. The van der Waals surface area contributed by atoms with Gasteiger partial charge in [-0.05, 0) is 41.7 Å². The van der Waals surface area contributed by atoms with Crippen LogP contribution in [0.2, 0.25) is 0 Å². The molecule has 6 unspecified atom stereocenters. The smallest absolute Gasteiger partial charge is 0.134 e. The number of aliphatic hydroxyl groups is 3. The predicted molar refractivity (Wildman–Crippen MR) is 116 cm³/mol. The van der Waals surface area contributed by atoms with Crippen molar-refractivity contribution in [1.29, 1.82) is 0 Å². The maximum Gasteiger partial charge on any atom is 0.134 e. The molecule has 2 heterocycles. The quantitative estimate of drug-likeness (QED) is 0.626. The Hall–Kier alpha value is -1.67. The Morgan fingerprint density at radius 2 is 1.65 bits per heavy atom. The van der Waals surface area contributed by atoms with E-state index in [2.05, 4.69) is 31.2 Å². The Kier molecular flexibility index (Phi) is 7.16. The van der Waals surface area contributed by atoms with Crippen LogP contribution in [0.1, 0.15) is 41.7 Å². The molecule has 3 N–H and O–H groups in total. The lowest BCUT2D eigenvalue weighted by atomic mass is 9.89. The molecular weight excluding hydrogens is 420 g/mol. The van der Waals surface area contributed by atoms with Gasteiger partial charge in [0.25, 0.3) is 0 Å². The molecule has 2 aromatic carbocycles. The molecule has 0 aromatic heterocycles. The molecule has 1 saturated heterocycles. The van der Waals surface area contributed by atoms with Gasteiger partial charge in [-0.1, -0.05) is 48.9 Å². The van der Waals surface area contributed by atoms with E-state index >= 15 is 0 Å². The normalized spacial score (nSPS) is 31.3. The topological polar surface area (TPSA) is 88.4 Å². The van der Waals surface area contributed by atoms with Crippen LogP contribution in [0.4, 0.5) is 0 Å². The van der Waals surface area contributed by atoms with Gasteiger partial charge in [-0.2, -0.15) is 0 Å². The molecular formula is C24H29ClO6. The zero-order valence-electron chi connectivity index (χ0n) is 17.5. The van der Waals surface area contributed by atoms with Crippen molar-refractivity contribution in [2.24, 2.45) is 0 Å². The second-order valence-corrected chi connectivity index (χ2v) is 8.65. The fourth-order valence-electron chi connectivity index (χ4n) is 4.08. The minimum absolute atomic E-state index is 0.00835. The average Bonchev–Trinajstić information content (AvgIpc) is 2.80. The van der Waals surface area contributed by atoms with Gasteiger partial charge >= 0.3 is 0 Å². The molecule has 4 rings (SSSR count). The minimum atomic E-state index is -1.38. The fraction of sp³-hybridized carbons (Fsp3) is 0.500. The number of benzene rings is 2. The second kappa shape index (κ2) is 9.86. The third-order valence-electron chi connectivity index (χ3n) is 5.98. The van der Waals surface area contributed by atoms with Gasteiger partial charge in [0.2, 0.25) is 0 Å². The van der Waals surface area contributed by atoms with E-state index in [1.54, 1.807) is 0 Å². The molecule has 0 aliphatic carbocycles. The first-order valence-electron chi connectivity index (χ1n) is 10.7. The van der Waals surface area contributed by atoms with Crippen LogP contribution in [0, 0.1) is 0 Å². The minimum Gasteiger partial charge on any atom is -0.493 e. The first-order valence-corrected chi connectivity index (χ1v) is 11.2. The SMILES string of the molecule is CCc1ccc(Cc2ccc3c(c2)C2OC(COC(Cl)CCO3)C(O)C(O)C2O)cc1. The van der Waals surface area contributed by atoms with Crippen LogP contribution in [-0.4, -0.2) is 58.5 Å². The highest BCUT2D eigenvalue weighted by Gasteiger charge is 2.45. The molecule has 0 saturated carbocycles. The van der Waals surface area contributed by atoms with Crippen LogP contribution in [-0.2, 0) is 22.3 Å². The van der Waals surface area contributed by atoms with Crippen molar-refractivity contribution in [3.63, 3.8) is 0 Å². The molecule has 31 heavy (non-hydrogen) atoms. The largest absolute Gasteiger partial charge is 0.493 e. The standard InChI is InChI=1S/C24H29ClO6/c1-2-14-3-5-15(6-4-14)11-16-7-8-18-17(12-16)24-23(28)22(27)21(26)19(31-24)13-30-20(25)9-10-29-18/h3-8,12,19-24,26-28H,2,9-11,13H2,1H3. The Labute approximate surface area is 187 Å². The molecule has 0 amide bonds. The number of aryl methyl sites for hydroxylation is 1. The highest BCUT2D eigenvalue weighted by molar-refractivity contribution is 6.19. The van der Waals surface area contributed by atoms with Gasteiger partial charge < -0.3 is 29.5 Å². The second-order valence-electron chi connectivity index (χ2n) is 8.17. The summed E-state index contributed by atoms with van der Waals surface area (Å²) in [6, 6.07) is 14.3. The number of alkyl halides is 1. The molecule has 0 spiro atoms. The Bertz CT molecular complexity index is 873. The van der Waals surface area contributed by atoms with E-state index in [1.165, 1.54) is 11.1 Å². The Morgan fingerprint density at radius 3 is 2.39 bits per heavy atom. The van der Waals surface area contributed by atoms with E-state index in [9.17, 15) is 15.3 Å². The molecule has 7 heteroatoms. The van der Waals surface area contributed by atoms with E-state index in [0.29, 0.717) is 30.8 Å². The number of hydrogen-bond acceptors (Lipinski definition) is 6. The molecule has 2 aliphatic rings. The maximum absolute atomic E-state index is 10.7. The van der Waals surface area contributed by atoms with Crippen molar-refractivity contribution in [3.05, 3.63) is 64.7 Å². The van der Waals surface area contributed by atoms with Crippen LogP contribution in [0.15, 0.2) is 42.5 Å². The highest BCUT2D eigenvalue weighted by Crippen LogP contribution is 2.38. The van der Waals surface area contributed by atoms with Crippen molar-refractivity contribution in [2.75, 3.05) is 13.2 Å². The number of ether oxygens (including phenoxy) is 3. The number of halogens is 1. The summed E-state index contributed by atoms with van der Waals surface area (Å²) < 4.78 is 17.5. The first-order chi connectivity index (χ1) is 15.0. The van der Waals surface area contributed by atoms with Gasteiger partial charge in [0.1, 0.15) is 41.8 Å². The van der Waals surface area contributed by atoms with Crippen molar-refractivity contribution < 1.29 is 29.5 Å². The lowest BCUT2D eigenvalue weighted by Crippen LogP contribution is -2.55. The van der Waals surface area contributed by atoms with Gasteiger partial charge in [-0.25, -0.2) is 0 Å². The van der Waals surface area contributed by atoms with E-state index < -0.39 is 36.1 Å². The number of hydrogen-bond donors (Lipinski definition) is 3. The molecule has 6 nitrogen and oxygen atoms in total. The highest BCUT2D eigenvalue weighted by atomic mass is 35.5. The van der Waals surface area contributed by atoms with E-state index in [0.717, 1.165) is 12.0 Å². The zero-order valence-corrected chi connectivity index (χ0v) is 18.2. The van der Waals surface area contributed by atoms with Crippen molar-refractivity contribution >= 4 is 11.6 Å². The van der Waals surface area contributed by atoms with Crippen molar-refractivity contribution in [1.82, 2.24) is 0 Å². The monoisotopic (exact) mass is 448 g/mol. The summed E-state index contributed by atoms with van der Waals surface area (Å²) in [5, 5.41) is 31.5. The predicted octanol–water partition coefficient (Wildman–Crippen LogP) is 2.73. The Balaban J connectivity index is 1.66. The first kappa shape index (κ1) is 22.5. The summed E-state index contributed by atoms with van der Waals surface area (Å²) in [6.45, 7) is 2.47. The van der Waals surface area contributed by atoms with E-state index in [1.807, 2.05) is 18.2 Å². The molecule has 6 atom stereocenters. The van der Waals surface area contributed by atoms with Gasteiger partial charge in [0.15, 0.2) is 0 Å². The van der Waals surface area contributed by atoms with Gasteiger partial charge in [0.05, 0.1) is 13.2 Å². The lowest BCUT2D eigenvalue weighted by Gasteiger charge is -2.41. The maximum atomic E-state index is 10.7. The van der Waals surface area contributed by atoms with Gasteiger partial charge in [-0.15, -0.1) is 0 Å². The summed E-state index contributed by atoms with van der Waals surface area (Å²) in [5.74, 6) is 0.558. The van der Waals surface area contributed by atoms with Crippen LogP contribution < -0.4 is 4.74 Å². The number of fused-ring (bicyclic) bond motifs is 4. The third kappa shape index (κ3) is 5.06. The van der Waals surface area contributed by atoms with E-state index in [4.69, 9.17) is 25.8 Å². The van der Waals surface area contributed by atoms with Crippen molar-refractivity contribution in [2.45, 2.75) is 62.3 Å². The summed E-state index contributed by atoms with van der Waals surface area (Å²) >= 11 is 6.18. The lowest BCUT2D eigenvalue weighted by molar-refractivity contribution is -0.236. The summed E-state index contributed by atoms with van der Waals surface area (Å²) in [4.78, 5) is 0. The molecule has 168 valence electrons. The number of rotatable bonds is 3.